The molecule has 2 aromatic heterocycles. The summed E-state index contributed by atoms with van der Waals surface area (Å²) in [5.74, 6) is 0.176. The molecule has 4 nitrogen and oxygen atoms in total. The van der Waals surface area contributed by atoms with Crippen molar-refractivity contribution in [2.75, 3.05) is 0 Å². The molecule has 0 aliphatic carbocycles. The SMILES string of the molecule is [2H]c1nn(-c2ncc(Br)cn2)c([2H])c1[2H]. The molecule has 0 amide bonds. The van der Waals surface area contributed by atoms with Crippen molar-refractivity contribution in [1.82, 2.24) is 19.7 Å². The quantitative estimate of drug-likeness (QED) is 0.741. The van der Waals surface area contributed by atoms with E-state index in [0.29, 0.717) is 4.47 Å². The van der Waals surface area contributed by atoms with Crippen molar-refractivity contribution in [3.8, 4) is 5.95 Å². The molecule has 0 fully saturated rings. The third kappa shape index (κ3) is 1.35. The highest BCUT2D eigenvalue weighted by molar-refractivity contribution is 9.10. The molecule has 0 aromatic carbocycles. The minimum absolute atomic E-state index is 0.176. The van der Waals surface area contributed by atoms with Crippen LogP contribution in [0, 0.1) is 0 Å². The number of aromatic nitrogens is 4. The van der Waals surface area contributed by atoms with Crippen LogP contribution in [0.15, 0.2) is 35.3 Å². The summed E-state index contributed by atoms with van der Waals surface area (Å²) in [6, 6.07) is -0.235. The van der Waals surface area contributed by atoms with Crippen LogP contribution >= 0.6 is 15.9 Å². The highest BCUT2D eigenvalue weighted by atomic mass is 79.9. The van der Waals surface area contributed by atoms with Gasteiger partial charge in [-0.15, -0.1) is 0 Å². The Bertz CT molecular complexity index is 496. The van der Waals surface area contributed by atoms with Gasteiger partial charge in [0.15, 0.2) is 0 Å². The molecular weight excluding hydrogens is 220 g/mol. The number of rotatable bonds is 1. The van der Waals surface area contributed by atoms with Crippen LogP contribution in [0.5, 0.6) is 0 Å². The monoisotopic (exact) mass is 227 g/mol. The van der Waals surface area contributed by atoms with Gasteiger partial charge in [-0.25, -0.2) is 14.6 Å². The second kappa shape index (κ2) is 3.02. The maximum atomic E-state index is 7.51. The molecule has 0 aliphatic heterocycles. The van der Waals surface area contributed by atoms with Gasteiger partial charge in [0.05, 0.1) is 8.58 Å². The highest BCUT2D eigenvalue weighted by Gasteiger charge is 1.97. The van der Waals surface area contributed by atoms with E-state index in [-0.39, 0.29) is 24.3 Å². The van der Waals surface area contributed by atoms with Crippen molar-refractivity contribution in [2.45, 2.75) is 0 Å². The second-order valence-electron chi connectivity index (χ2n) is 1.96. The molecule has 0 N–H and O–H groups in total. The van der Waals surface area contributed by atoms with Crippen LogP contribution in [0.3, 0.4) is 0 Å². The summed E-state index contributed by atoms with van der Waals surface area (Å²) in [5.41, 5.74) is 0. The van der Waals surface area contributed by atoms with Crippen molar-refractivity contribution in [3.05, 3.63) is 35.3 Å². The maximum Gasteiger partial charge on any atom is 0.250 e. The average molecular weight is 228 g/mol. The molecule has 0 aliphatic rings. The van der Waals surface area contributed by atoms with Crippen LogP contribution in [0.4, 0.5) is 0 Å². The highest BCUT2D eigenvalue weighted by Crippen LogP contribution is 2.05. The van der Waals surface area contributed by atoms with Gasteiger partial charge >= 0.3 is 0 Å². The molecule has 12 heavy (non-hydrogen) atoms. The van der Waals surface area contributed by atoms with Gasteiger partial charge in [-0.3, -0.25) is 0 Å². The third-order valence-electron chi connectivity index (χ3n) is 1.16. The predicted octanol–water partition coefficient (Wildman–Crippen LogP) is 1.42. The summed E-state index contributed by atoms with van der Waals surface area (Å²) < 4.78 is 23.9. The van der Waals surface area contributed by atoms with E-state index in [4.69, 9.17) is 4.11 Å². The molecule has 5 heteroatoms. The lowest BCUT2D eigenvalue weighted by Crippen LogP contribution is -1.99. The van der Waals surface area contributed by atoms with Gasteiger partial charge in [0.25, 0.3) is 0 Å². The van der Waals surface area contributed by atoms with Gasteiger partial charge in [0, 0.05) is 24.7 Å². The number of halogens is 1. The van der Waals surface area contributed by atoms with Crippen molar-refractivity contribution < 1.29 is 4.11 Å². The third-order valence-corrected chi connectivity index (χ3v) is 1.57. The first kappa shape index (κ1) is 4.71. The zero-order chi connectivity index (χ0) is 11.0. The molecule has 2 heterocycles. The van der Waals surface area contributed by atoms with Crippen LogP contribution in [-0.4, -0.2) is 19.7 Å². The lowest BCUT2D eigenvalue weighted by Gasteiger charge is -1.96. The summed E-state index contributed by atoms with van der Waals surface area (Å²) in [4.78, 5) is 7.84. The fourth-order valence-electron chi connectivity index (χ4n) is 0.688. The summed E-state index contributed by atoms with van der Waals surface area (Å²) in [6.07, 6.45) is 2.57. The molecule has 0 spiro atoms. The van der Waals surface area contributed by atoms with Gasteiger partial charge in [0.2, 0.25) is 5.95 Å². The molecule has 0 unspecified atom stereocenters. The first-order valence-electron chi connectivity index (χ1n) is 4.60. The Hall–Kier alpha value is -1.23. The standard InChI is InChI=1S/C7H5BrN4/c8-6-4-9-7(10-5-6)12-3-1-2-11-12/h1-5H/i1D,2D,3D. The van der Waals surface area contributed by atoms with E-state index in [1.807, 2.05) is 0 Å². The van der Waals surface area contributed by atoms with Gasteiger partial charge in [-0.2, -0.15) is 5.10 Å². The van der Waals surface area contributed by atoms with Crippen LogP contribution in [0.25, 0.3) is 5.95 Å². The first-order chi connectivity index (χ1) is 7.09. The minimum Gasteiger partial charge on any atom is -0.218 e. The predicted molar refractivity (Wildman–Crippen MR) is 46.9 cm³/mol. The Morgan fingerprint density at radius 2 is 2.17 bits per heavy atom. The van der Waals surface area contributed by atoms with E-state index in [2.05, 4.69) is 31.0 Å². The number of hydrogen-bond acceptors (Lipinski definition) is 3. The second-order valence-corrected chi connectivity index (χ2v) is 2.88. The van der Waals surface area contributed by atoms with Gasteiger partial charge in [-0.05, 0) is 22.0 Å². The Morgan fingerprint density at radius 1 is 1.42 bits per heavy atom. The van der Waals surface area contributed by atoms with Crippen LogP contribution < -0.4 is 0 Å². The van der Waals surface area contributed by atoms with E-state index in [0.717, 1.165) is 4.68 Å². The molecule has 0 radical (unpaired) electrons. The van der Waals surface area contributed by atoms with E-state index >= 15 is 0 Å². The summed E-state index contributed by atoms with van der Waals surface area (Å²) >= 11 is 3.18. The van der Waals surface area contributed by atoms with E-state index in [9.17, 15) is 0 Å². The largest absolute Gasteiger partial charge is 0.250 e. The van der Waals surface area contributed by atoms with Gasteiger partial charge in [0.1, 0.15) is 0 Å². The number of nitrogens with zero attached hydrogens (tertiary/aromatic N) is 4. The van der Waals surface area contributed by atoms with E-state index in [1.165, 1.54) is 12.4 Å². The molecule has 0 saturated carbocycles. The summed E-state index contributed by atoms with van der Waals surface area (Å²) in [7, 11) is 0. The van der Waals surface area contributed by atoms with Crippen molar-refractivity contribution in [2.24, 2.45) is 0 Å². The van der Waals surface area contributed by atoms with Crippen LogP contribution in [-0.2, 0) is 0 Å². The zero-order valence-electron chi connectivity index (χ0n) is 8.82. The molecule has 2 aromatic rings. The fourth-order valence-corrected chi connectivity index (χ4v) is 0.892. The van der Waals surface area contributed by atoms with Crippen molar-refractivity contribution in [3.63, 3.8) is 0 Å². The Balaban J connectivity index is 2.54. The van der Waals surface area contributed by atoms with Crippen molar-refractivity contribution >= 4 is 15.9 Å². The Kier molecular flexibility index (Phi) is 1.19. The molecular formula is C7H5BrN4. The van der Waals surface area contributed by atoms with E-state index in [1.54, 1.807) is 0 Å². The smallest absolute Gasteiger partial charge is 0.218 e. The van der Waals surface area contributed by atoms with Crippen molar-refractivity contribution in [1.29, 1.82) is 0 Å². The fraction of sp³-hybridized carbons (Fsp3) is 0. The van der Waals surface area contributed by atoms with Gasteiger partial charge < -0.3 is 0 Å². The van der Waals surface area contributed by atoms with Gasteiger partial charge in [-0.1, -0.05) is 0 Å². The molecule has 0 atom stereocenters. The first-order valence-corrected chi connectivity index (χ1v) is 3.89. The minimum atomic E-state index is -0.258. The number of hydrogen-bond donors (Lipinski definition) is 0. The Morgan fingerprint density at radius 3 is 2.75 bits per heavy atom. The Labute approximate surface area is 81.6 Å². The normalized spacial score (nSPS) is 13.6. The van der Waals surface area contributed by atoms with Crippen LogP contribution in [0.2, 0.25) is 0 Å². The maximum absolute atomic E-state index is 7.51. The molecule has 60 valence electrons. The molecule has 0 bridgehead atoms. The molecule has 0 saturated heterocycles. The molecule has 2 rings (SSSR count). The lowest BCUT2D eigenvalue weighted by molar-refractivity contribution is 0.806. The van der Waals surface area contributed by atoms with E-state index < -0.39 is 0 Å². The topological polar surface area (TPSA) is 43.6 Å². The summed E-state index contributed by atoms with van der Waals surface area (Å²) in [5, 5.41) is 3.68. The zero-order valence-corrected chi connectivity index (χ0v) is 7.41. The van der Waals surface area contributed by atoms with Crippen LogP contribution in [0.1, 0.15) is 4.11 Å². The summed E-state index contributed by atoms with van der Waals surface area (Å²) in [6.45, 7) is 0. The average Bonchev–Trinajstić information content (AvgIpc) is 2.47. The lowest BCUT2D eigenvalue weighted by atomic mass is 10.7.